The fraction of sp³-hybridized carbons (Fsp3) is 1.00. The molecule has 0 radical (unpaired) electrons. The lowest BCUT2D eigenvalue weighted by molar-refractivity contribution is 0.183. The summed E-state index contributed by atoms with van der Waals surface area (Å²) in [6.07, 6.45) is 0.862. The van der Waals surface area contributed by atoms with Gasteiger partial charge in [-0.05, 0) is 19.8 Å². The lowest BCUT2D eigenvalue weighted by Gasteiger charge is -2.15. The second kappa shape index (κ2) is 5.70. The van der Waals surface area contributed by atoms with Crippen LogP contribution in [0.1, 0.15) is 26.7 Å². The van der Waals surface area contributed by atoms with Gasteiger partial charge in [-0.3, -0.25) is 4.57 Å². The summed E-state index contributed by atoms with van der Waals surface area (Å²) in [5.41, 5.74) is 0. The molecule has 4 nitrogen and oxygen atoms in total. The molecule has 2 atom stereocenters. The van der Waals surface area contributed by atoms with Gasteiger partial charge < -0.3 is 14.5 Å². The van der Waals surface area contributed by atoms with Gasteiger partial charge in [0, 0.05) is 6.61 Å². The third-order valence-electron chi connectivity index (χ3n) is 1.52. The van der Waals surface area contributed by atoms with E-state index in [9.17, 15) is 4.57 Å². The summed E-state index contributed by atoms with van der Waals surface area (Å²) in [7, 11) is -3.44. The minimum absolute atomic E-state index is 0.0356. The second-order valence-corrected chi connectivity index (χ2v) is 4.70. The highest BCUT2D eigenvalue weighted by molar-refractivity contribution is 7.52. The zero-order valence-electron chi connectivity index (χ0n) is 7.56. The number of rotatable bonds is 6. The van der Waals surface area contributed by atoms with E-state index in [4.69, 9.17) is 14.5 Å². The van der Waals surface area contributed by atoms with Crippen molar-refractivity contribution in [3.63, 3.8) is 0 Å². The highest BCUT2D eigenvalue weighted by Gasteiger charge is 2.20. The van der Waals surface area contributed by atoms with E-state index in [1.165, 1.54) is 0 Å². The van der Waals surface area contributed by atoms with E-state index in [1.807, 2.05) is 6.92 Å². The SMILES string of the molecule is CCC(C)OP(=O)(O)CCCO. The van der Waals surface area contributed by atoms with E-state index < -0.39 is 7.60 Å². The summed E-state index contributed by atoms with van der Waals surface area (Å²) >= 11 is 0. The molecule has 0 aliphatic carbocycles. The molecule has 12 heavy (non-hydrogen) atoms. The van der Waals surface area contributed by atoms with Crippen LogP contribution in [0.4, 0.5) is 0 Å². The van der Waals surface area contributed by atoms with Crippen molar-refractivity contribution < 1.29 is 19.1 Å². The average Bonchev–Trinajstić information content (AvgIpc) is 2.00. The minimum Gasteiger partial charge on any atom is -0.396 e. The van der Waals surface area contributed by atoms with Gasteiger partial charge in [0.05, 0.1) is 12.3 Å². The molecule has 0 aliphatic heterocycles. The van der Waals surface area contributed by atoms with Gasteiger partial charge in [0.15, 0.2) is 0 Å². The molecule has 0 bridgehead atoms. The van der Waals surface area contributed by atoms with Crippen molar-refractivity contribution in [2.75, 3.05) is 12.8 Å². The zero-order chi connectivity index (χ0) is 9.61. The fourth-order valence-corrected chi connectivity index (χ4v) is 2.04. The Hall–Kier alpha value is 0.110. The van der Waals surface area contributed by atoms with Crippen molar-refractivity contribution in [2.24, 2.45) is 0 Å². The van der Waals surface area contributed by atoms with Crippen LogP contribution in [0.5, 0.6) is 0 Å². The summed E-state index contributed by atoms with van der Waals surface area (Å²) in [6.45, 7) is 3.56. The number of aliphatic hydroxyl groups excluding tert-OH is 1. The van der Waals surface area contributed by atoms with Crippen LogP contribution in [0.25, 0.3) is 0 Å². The Bertz CT molecular complexity index is 159. The molecular formula is C7H17O4P. The predicted molar refractivity (Wildman–Crippen MR) is 47.2 cm³/mol. The Morgan fingerprint density at radius 3 is 2.58 bits per heavy atom. The molecule has 0 spiro atoms. The lowest BCUT2D eigenvalue weighted by Crippen LogP contribution is -2.06. The van der Waals surface area contributed by atoms with E-state index in [-0.39, 0.29) is 18.9 Å². The quantitative estimate of drug-likeness (QED) is 0.629. The number of hydrogen-bond donors (Lipinski definition) is 2. The summed E-state index contributed by atoms with van der Waals surface area (Å²) < 4.78 is 16.1. The van der Waals surface area contributed by atoms with Gasteiger partial charge >= 0.3 is 7.60 Å². The minimum atomic E-state index is -3.44. The van der Waals surface area contributed by atoms with Crippen LogP contribution >= 0.6 is 7.60 Å². The summed E-state index contributed by atoms with van der Waals surface area (Å²) in [5, 5.41) is 8.43. The normalized spacial score (nSPS) is 18.7. The first-order valence-corrected chi connectivity index (χ1v) is 5.89. The van der Waals surface area contributed by atoms with Crippen molar-refractivity contribution in [1.29, 1.82) is 0 Å². The maximum Gasteiger partial charge on any atom is 0.328 e. The molecule has 0 heterocycles. The Morgan fingerprint density at radius 2 is 2.17 bits per heavy atom. The topological polar surface area (TPSA) is 66.8 Å². The van der Waals surface area contributed by atoms with Crippen LogP contribution in [-0.4, -0.2) is 28.9 Å². The molecule has 2 unspecified atom stereocenters. The molecule has 5 heteroatoms. The number of aliphatic hydroxyl groups is 1. The lowest BCUT2D eigenvalue weighted by atomic mass is 10.3. The average molecular weight is 196 g/mol. The molecule has 0 rings (SSSR count). The van der Waals surface area contributed by atoms with Gasteiger partial charge in [-0.15, -0.1) is 0 Å². The van der Waals surface area contributed by atoms with Crippen molar-refractivity contribution >= 4 is 7.60 Å². The Balaban J connectivity index is 3.78. The first kappa shape index (κ1) is 12.1. The second-order valence-electron chi connectivity index (χ2n) is 2.76. The predicted octanol–water partition coefficient (Wildman–Crippen LogP) is 1.37. The molecule has 0 aromatic carbocycles. The summed E-state index contributed by atoms with van der Waals surface area (Å²) in [4.78, 5) is 9.17. The third-order valence-corrected chi connectivity index (χ3v) is 3.09. The zero-order valence-corrected chi connectivity index (χ0v) is 8.46. The maximum atomic E-state index is 11.2. The van der Waals surface area contributed by atoms with Gasteiger partial charge in [0.25, 0.3) is 0 Å². The molecule has 0 aromatic heterocycles. The van der Waals surface area contributed by atoms with E-state index in [0.29, 0.717) is 12.8 Å². The van der Waals surface area contributed by atoms with E-state index in [2.05, 4.69) is 0 Å². The van der Waals surface area contributed by atoms with Crippen LogP contribution in [-0.2, 0) is 9.09 Å². The first-order valence-electron chi connectivity index (χ1n) is 4.13. The van der Waals surface area contributed by atoms with Gasteiger partial charge in [0.1, 0.15) is 0 Å². The largest absolute Gasteiger partial charge is 0.396 e. The Morgan fingerprint density at radius 1 is 1.58 bits per heavy atom. The number of hydrogen-bond acceptors (Lipinski definition) is 3. The summed E-state index contributed by atoms with van der Waals surface area (Å²) in [6, 6.07) is 0. The third kappa shape index (κ3) is 5.72. The van der Waals surface area contributed by atoms with Gasteiger partial charge in [-0.2, -0.15) is 0 Å². The molecule has 74 valence electrons. The van der Waals surface area contributed by atoms with E-state index in [1.54, 1.807) is 6.92 Å². The van der Waals surface area contributed by atoms with Crippen LogP contribution in [0.2, 0.25) is 0 Å². The van der Waals surface area contributed by atoms with Crippen molar-refractivity contribution in [1.82, 2.24) is 0 Å². The van der Waals surface area contributed by atoms with Crippen LogP contribution in [0.15, 0.2) is 0 Å². The smallest absolute Gasteiger partial charge is 0.328 e. The maximum absolute atomic E-state index is 11.2. The van der Waals surface area contributed by atoms with Crippen molar-refractivity contribution in [3.05, 3.63) is 0 Å². The fourth-order valence-electron chi connectivity index (χ4n) is 0.679. The van der Waals surface area contributed by atoms with Gasteiger partial charge in [-0.1, -0.05) is 6.92 Å². The molecule has 0 aromatic rings. The molecular weight excluding hydrogens is 179 g/mol. The monoisotopic (exact) mass is 196 g/mol. The van der Waals surface area contributed by atoms with Gasteiger partial charge in [0.2, 0.25) is 0 Å². The highest BCUT2D eigenvalue weighted by atomic mass is 31.2. The van der Waals surface area contributed by atoms with Crippen molar-refractivity contribution in [3.8, 4) is 0 Å². The Labute approximate surface area is 73.1 Å². The summed E-state index contributed by atoms with van der Waals surface area (Å²) in [5.74, 6) is 0. The van der Waals surface area contributed by atoms with Crippen LogP contribution < -0.4 is 0 Å². The van der Waals surface area contributed by atoms with E-state index in [0.717, 1.165) is 0 Å². The van der Waals surface area contributed by atoms with Gasteiger partial charge in [-0.25, -0.2) is 0 Å². The molecule has 0 saturated heterocycles. The molecule has 0 saturated carbocycles. The molecule has 0 aliphatic rings. The van der Waals surface area contributed by atoms with Crippen molar-refractivity contribution in [2.45, 2.75) is 32.8 Å². The Kier molecular flexibility index (Phi) is 5.76. The van der Waals surface area contributed by atoms with Crippen LogP contribution in [0, 0.1) is 0 Å². The standard InChI is InChI=1S/C7H17O4P/c1-3-7(2)11-12(9,10)6-4-5-8/h7-8H,3-6H2,1-2H3,(H,9,10). The molecule has 2 N–H and O–H groups in total. The molecule has 0 fully saturated rings. The van der Waals surface area contributed by atoms with E-state index >= 15 is 0 Å². The van der Waals surface area contributed by atoms with Crippen LogP contribution in [0.3, 0.4) is 0 Å². The highest BCUT2D eigenvalue weighted by Crippen LogP contribution is 2.43. The molecule has 0 amide bonds. The first-order chi connectivity index (χ1) is 5.52.